The van der Waals surface area contributed by atoms with Gasteiger partial charge >= 0.3 is 5.97 Å². The highest BCUT2D eigenvalue weighted by Crippen LogP contribution is 2.64. The summed E-state index contributed by atoms with van der Waals surface area (Å²) in [7, 11) is 1.41. The summed E-state index contributed by atoms with van der Waals surface area (Å²) < 4.78 is 5.14. The molecule has 1 aromatic carbocycles. The topological polar surface area (TPSA) is 58.6 Å². The van der Waals surface area contributed by atoms with Crippen molar-refractivity contribution in [2.45, 2.75) is 36.6 Å². The van der Waals surface area contributed by atoms with Crippen molar-refractivity contribution in [2.24, 2.45) is 5.41 Å². The van der Waals surface area contributed by atoms with Gasteiger partial charge in [-0.1, -0.05) is 24.3 Å². The number of rotatable bonds is 2. The molecule has 5 nitrogen and oxygen atoms in total. The molecule has 0 unspecified atom stereocenters. The lowest BCUT2D eigenvalue weighted by Gasteiger charge is -2.54. The van der Waals surface area contributed by atoms with Crippen LogP contribution in [0.15, 0.2) is 47.7 Å². The van der Waals surface area contributed by atoms with Crippen molar-refractivity contribution in [3.8, 4) is 0 Å². The Morgan fingerprint density at radius 2 is 2.19 bits per heavy atom. The van der Waals surface area contributed by atoms with Gasteiger partial charge in [-0.15, -0.1) is 11.6 Å². The number of anilines is 1. The molecule has 140 valence electrons. The zero-order chi connectivity index (χ0) is 19.0. The first-order chi connectivity index (χ1) is 13.0. The van der Waals surface area contributed by atoms with Gasteiger partial charge in [0.15, 0.2) is 0 Å². The number of nitrogens with one attached hydrogen (secondary N) is 1. The lowest BCUT2D eigenvalue weighted by atomic mass is 9.55. The lowest BCUT2D eigenvalue weighted by Crippen LogP contribution is -2.62. The zero-order valence-corrected chi connectivity index (χ0v) is 16.0. The number of nitrogens with zero attached hydrogens (tertiary/aromatic N) is 1. The maximum absolute atomic E-state index is 12.8. The second-order valence-electron chi connectivity index (χ2n) is 7.91. The van der Waals surface area contributed by atoms with E-state index in [4.69, 9.17) is 16.3 Å². The Labute approximate surface area is 163 Å². The van der Waals surface area contributed by atoms with Gasteiger partial charge in [-0.3, -0.25) is 4.79 Å². The summed E-state index contributed by atoms with van der Waals surface area (Å²) in [5.41, 5.74) is 2.69. The second-order valence-corrected chi connectivity index (χ2v) is 8.56. The molecule has 1 saturated heterocycles. The van der Waals surface area contributed by atoms with Crippen molar-refractivity contribution < 1.29 is 14.3 Å². The average Bonchev–Trinajstić information content (AvgIpc) is 3.24. The van der Waals surface area contributed by atoms with Crippen molar-refractivity contribution in [1.82, 2.24) is 4.90 Å². The fourth-order valence-corrected chi connectivity index (χ4v) is 6.09. The molecule has 1 spiro atoms. The fourth-order valence-electron chi connectivity index (χ4n) is 5.82. The van der Waals surface area contributed by atoms with E-state index in [1.807, 2.05) is 36.1 Å². The van der Waals surface area contributed by atoms with E-state index in [1.54, 1.807) is 6.08 Å². The number of carbonyl (C=O) groups is 2. The maximum atomic E-state index is 12.8. The molecule has 1 fully saturated rings. The molecular weight excluding hydrogens is 364 g/mol. The molecule has 4 atom stereocenters. The van der Waals surface area contributed by atoms with E-state index in [-0.39, 0.29) is 23.3 Å². The Morgan fingerprint density at radius 1 is 1.41 bits per heavy atom. The standard InChI is InChI=1S/C21H21ClN2O3/c1-12(22)20-8-7-16(25)24-10-9-21(19(20)24)14-5-3-4-6-15(14)23-17(21)13(11-20)18(26)27-2/h3-8,12,19,23H,9-11H2,1-2H3/t12-,19+,20+,21+/m1/s1. The number of hydrogen-bond acceptors (Lipinski definition) is 4. The van der Waals surface area contributed by atoms with Crippen LogP contribution in [0.3, 0.4) is 0 Å². The first kappa shape index (κ1) is 16.9. The highest BCUT2D eigenvalue weighted by atomic mass is 35.5. The van der Waals surface area contributed by atoms with Crippen LogP contribution in [0.5, 0.6) is 0 Å². The highest BCUT2D eigenvalue weighted by molar-refractivity contribution is 6.21. The van der Waals surface area contributed by atoms with Crippen LogP contribution < -0.4 is 5.32 Å². The normalized spacial score (nSPS) is 34.0. The summed E-state index contributed by atoms with van der Waals surface area (Å²) in [6, 6.07) is 8.01. The Balaban J connectivity index is 1.86. The van der Waals surface area contributed by atoms with Gasteiger partial charge in [-0.25, -0.2) is 4.79 Å². The monoisotopic (exact) mass is 384 g/mol. The smallest absolute Gasteiger partial charge is 0.335 e. The van der Waals surface area contributed by atoms with Crippen molar-refractivity contribution in [3.05, 3.63) is 53.3 Å². The Morgan fingerprint density at radius 3 is 2.93 bits per heavy atom. The summed E-state index contributed by atoms with van der Waals surface area (Å²) in [4.78, 5) is 27.4. The van der Waals surface area contributed by atoms with Crippen molar-refractivity contribution in [2.75, 3.05) is 19.0 Å². The van der Waals surface area contributed by atoms with Gasteiger partial charge in [0.25, 0.3) is 0 Å². The zero-order valence-electron chi connectivity index (χ0n) is 15.3. The number of hydrogen-bond donors (Lipinski definition) is 1. The van der Waals surface area contributed by atoms with Crippen LogP contribution in [0.2, 0.25) is 0 Å². The first-order valence-corrected chi connectivity index (χ1v) is 9.72. The Hall–Kier alpha value is -2.27. The van der Waals surface area contributed by atoms with E-state index < -0.39 is 10.8 Å². The van der Waals surface area contributed by atoms with Crippen LogP contribution in [0.1, 0.15) is 25.3 Å². The van der Waals surface area contributed by atoms with Crippen molar-refractivity contribution in [1.29, 1.82) is 0 Å². The van der Waals surface area contributed by atoms with Crippen LogP contribution in [-0.2, 0) is 19.7 Å². The summed E-state index contributed by atoms with van der Waals surface area (Å²) in [6.07, 6.45) is 4.79. The lowest BCUT2D eigenvalue weighted by molar-refractivity contribution is -0.137. The number of ether oxygens (including phenoxy) is 1. The predicted molar refractivity (Wildman–Crippen MR) is 102 cm³/mol. The minimum Gasteiger partial charge on any atom is -0.466 e. The molecule has 1 aliphatic carbocycles. The van der Waals surface area contributed by atoms with Crippen molar-refractivity contribution >= 4 is 29.2 Å². The van der Waals surface area contributed by atoms with Gasteiger partial charge < -0.3 is 15.0 Å². The van der Waals surface area contributed by atoms with Crippen LogP contribution >= 0.6 is 11.6 Å². The molecule has 0 radical (unpaired) electrons. The number of amides is 1. The van der Waals surface area contributed by atoms with E-state index in [9.17, 15) is 9.59 Å². The molecule has 6 heteroatoms. The summed E-state index contributed by atoms with van der Waals surface area (Å²) in [5.74, 6) is -0.307. The molecule has 3 aliphatic heterocycles. The number of alkyl halides is 1. The van der Waals surface area contributed by atoms with Gasteiger partial charge in [-0.05, 0) is 37.5 Å². The number of benzene rings is 1. The molecule has 1 aromatic rings. The third-order valence-electron chi connectivity index (χ3n) is 6.92. The quantitative estimate of drug-likeness (QED) is 0.629. The number of halogens is 1. The molecule has 0 aromatic heterocycles. The minimum atomic E-state index is -0.516. The third-order valence-corrected chi connectivity index (χ3v) is 7.33. The molecule has 5 rings (SSSR count). The Kier molecular flexibility index (Phi) is 3.36. The van der Waals surface area contributed by atoms with Gasteiger partial charge in [0.1, 0.15) is 0 Å². The van der Waals surface area contributed by atoms with Crippen molar-refractivity contribution in [3.63, 3.8) is 0 Å². The molecule has 3 heterocycles. The van der Waals surface area contributed by atoms with Crippen LogP contribution in [0, 0.1) is 5.41 Å². The molecule has 0 saturated carbocycles. The van der Waals surface area contributed by atoms with Crippen LogP contribution in [0.4, 0.5) is 5.69 Å². The van der Waals surface area contributed by atoms with E-state index in [1.165, 1.54) is 7.11 Å². The van der Waals surface area contributed by atoms with Crippen LogP contribution in [-0.4, -0.2) is 41.8 Å². The largest absolute Gasteiger partial charge is 0.466 e. The summed E-state index contributed by atoms with van der Waals surface area (Å²) >= 11 is 6.77. The number of carbonyl (C=O) groups excluding carboxylic acids is 2. The van der Waals surface area contributed by atoms with Crippen LogP contribution in [0.25, 0.3) is 0 Å². The highest BCUT2D eigenvalue weighted by Gasteiger charge is 2.68. The molecule has 1 amide bonds. The molecule has 1 N–H and O–H groups in total. The third kappa shape index (κ3) is 1.85. The molecular formula is C21H21ClN2O3. The van der Waals surface area contributed by atoms with E-state index in [2.05, 4.69) is 11.4 Å². The predicted octanol–water partition coefficient (Wildman–Crippen LogP) is 2.97. The molecule has 27 heavy (non-hydrogen) atoms. The minimum absolute atomic E-state index is 0.0232. The van der Waals surface area contributed by atoms with Gasteiger partial charge in [-0.2, -0.15) is 0 Å². The first-order valence-electron chi connectivity index (χ1n) is 9.28. The van der Waals surface area contributed by atoms with E-state index in [0.717, 1.165) is 23.4 Å². The van der Waals surface area contributed by atoms with Gasteiger partial charge in [0.2, 0.25) is 5.91 Å². The number of para-hydroxylation sites is 1. The van der Waals surface area contributed by atoms with E-state index >= 15 is 0 Å². The maximum Gasteiger partial charge on any atom is 0.335 e. The molecule has 4 aliphatic rings. The molecule has 0 bridgehead atoms. The number of esters is 1. The van der Waals surface area contributed by atoms with Gasteiger partial charge in [0.05, 0.1) is 24.1 Å². The summed E-state index contributed by atoms with van der Waals surface area (Å²) in [6.45, 7) is 2.60. The number of methoxy groups -OCH3 is 1. The van der Waals surface area contributed by atoms with Gasteiger partial charge in [0, 0.05) is 28.7 Å². The fraction of sp³-hybridized carbons (Fsp3) is 0.429. The second kappa shape index (κ2) is 5.38. The summed E-state index contributed by atoms with van der Waals surface area (Å²) in [5, 5.41) is 3.25. The van der Waals surface area contributed by atoms with E-state index in [0.29, 0.717) is 18.5 Å². The average molecular weight is 385 g/mol. The SMILES string of the molecule is COC(=O)C1=C2Nc3ccccc3[C@@]23CCN2C(=O)C=C[C@@]([C@@H](C)Cl)(C1)[C@H]23. The Bertz CT molecular complexity index is 937. The number of fused-ring (bicyclic) bond motifs is 1.